The molecule has 1 unspecified atom stereocenters. The largest absolute Gasteiger partial charge is 0.493 e. The van der Waals surface area contributed by atoms with E-state index in [0.717, 1.165) is 30.1 Å². The third-order valence-corrected chi connectivity index (χ3v) is 6.34. The van der Waals surface area contributed by atoms with E-state index in [1.165, 1.54) is 25.9 Å². The topological polar surface area (TPSA) is 33.7 Å². The second kappa shape index (κ2) is 11.7. The summed E-state index contributed by atoms with van der Waals surface area (Å²) < 4.78 is 11.5. The van der Waals surface area contributed by atoms with Gasteiger partial charge in [0.05, 0.1) is 12.1 Å². The van der Waals surface area contributed by atoms with E-state index in [9.17, 15) is 0 Å². The third kappa shape index (κ3) is 6.09. The van der Waals surface area contributed by atoms with Gasteiger partial charge in [0, 0.05) is 24.2 Å². The van der Waals surface area contributed by atoms with Crippen LogP contribution in [0.5, 0.6) is 11.5 Å². The summed E-state index contributed by atoms with van der Waals surface area (Å²) in [5.41, 5.74) is 2.13. The number of nitrogens with zero attached hydrogens (tertiary/aromatic N) is 1. The molecule has 0 aromatic heterocycles. The molecule has 2 aromatic rings. The molecule has 3 saturated heterocycles. The summed E-state index contributed by atoms with van der Waals surface area (Å²) in [5.74, 6) is 2.03. The molecule has 0 amide bonds. The number of methoxy groups -OCH3 is 1. The molecular weight excluding hydrogens is 466 g/mol. The smallest absolute Gasteiger partial charge is 0.180 e. The predicted molar refractivity (Wildman–Crippen MR) is 128 cm³/mol. The molecule has 8 heteroatoms. The minimum Gasteiger partial charge on any atom is -0.493 e. The van der Waals surface area contributed by atoms with Gasteiger partial charge < -0.3 is 19.7 Å². The standard InChI is InChI=1S/C22H26Cl2N2O2.2ClH/c1-27-21-11-16(12-25-20-13-26-8-6-17(20)7-9-26)10-19(24)22(21)28-14-15-2-4-18(23)5-3-15;;/h2-5,10-11,17,20,25H,6-9,12-14H2,1H3;2*1H. The summed E-state index contributed by atoms with van der Waals surface area (Å²) in [7, 11) is 1.64. The van der Waals surface area contributed by atoms with Crippen molar-refractivity contribution in [1.82, 2.24) is 10.2 Å². The predicted octanol–water partition coefficient (Wildman–Crippen LogP) is 5.61. The van der Waals surface area contributed by atoms with E-state index < -0.39 is 0 Å². The first-order chi connectivity index (χ1) is 13.6. The minimum atomic E-state index is 0. The van der Waals surface area contributed by atoms with Crippen molar-refractivity contribution in [2.75, 3.05) is 26.7 Å². The second-order valence-electron chi connectivity index (χ2n) is 7.65. The summed E-state index contributed by atoms with van der Waals surface area (Å²) in [6, 6.07) is 12.1. The average Bonchev–Trinajstić information content (AvgIpc) is 2.73. The van der Waals surface area contributed by atoms with E-state index >= 15 is 0 Å². The molecule has 3 fully saturated rings. The van der Waals surface area contributed by atoms with Crippen molar-refractivity contribution in [1.29, 1.82) is 0 Å². The Hall–Kier alpha value is -0.880. The minimum absolute atomic E-state index is 0. The normalized spacial score (nSPS) is 22.0. The fourth-order valence-electron chi connectivity index (χ4n) is 4.20. The lowest BCUT2D eigenvalue weighted by atomic mass is 9.84. The van der Waals surface area contributed by atoms with Gasteiger partial charge in [-0.25, -0.2) is 0 Å². The molecular formula is C22H28Cl4N2O2. The van der Waals surface area contributed by atoms with E-state index in [1.807, 2.05) is 36.4 Å². The zero-order valence-electron chi connectivity index (χ0n) is 16.9. The van der Waals surface area contributed by atoms with Gasteiger partial charge in [0.1, 0.15) is 6.61 Å². The Bertz CT molecular complexity index is 812. The highest BCUT2D eigenvalue weighted by molar-refractivity contribution is 6.32. The van der Waals surface area contributed by atoms with Crippen LogP contribution in [0.15, 0.2) is 36.4 Å². The van der Waals surface area contributed by atoms with Crippen LogP contribution in [0.1, 0.15) is 24.0 Å². The highest BCUT2D eigenvalue weighted by Crippen LogP contribution is 2.37. The molecule has 0 saturated carbocycles. The summed E-state index contributed by atoms with van der Waals surface area (Å²) in [6.45, 7) is 4.84. The van der Waals surface area contributed by atoms with E-state index in [0.29, 0.717) is 34.2 Å². The van der Waals surface area contributed by atoms with Crippen molar-refractivity contribution in [3.05, 3.63) is 57.6 Å². The number of rotatable bonds is 7. The van der Waals surface area contributed by atoms with Gasteiger partial charge in [-0.1, -0.05) is 35.3 Å². The van der Waals surface area contributed by atoms with Crippen LogP contribution in [0.2, 0.25) is 10.0 Å². The lowest BCUT2D eigenvalue weighted by Gasteiger charge is -2.45. The number of ether oxygens (including phenoxy) is 2. The molecule has 5 rings (SSSR count). The maximum atomic E-state index is 6.53. The summed E-state index contributed by atoms with van der Waals surface area (Å²) >= 11 is 12.5. The molecule has 1 N–H and O–H groups in total. The Morgan fingerprint density at radius 1 is 1.03 bits per heavy atom. The molecule has 0 radical (unpaired) electrons. The van der Waals surface area contributed by atoms with Crippen molar-refractivity contribution in [3.8, 4) is 11.5 Å². The summed E-state index contributed by atoms with van der Waals surface area (Å²) in [4.78, 5) is 2.55. The number of piperidine rings is 3. The SMILES string of the molecule is COc1cc(CNC2CN3CCC2CC3)cc(Cl)c1OCc1ccc(Cl)cc1.Cl.Cl. The van der Waals surface area contributed by atoms with Crippen LogP contribution in [0.4, 0.5) is 0 Å². The number of fused-ring (bicyclic) bond motifs is 3. The van der Waals surface area contributed by atoms with Gasteiger partial charge in [0.25, 0.3) is 0 Å². The molecule has 3 aliphatic rings. The van der Waals surface area contributed by atoms with Gasteiger partial charge in [-0.2, -0.15) is 0 Å². The van der Waals surface area contributed by atoms with Crippen LogP contribution in [0, 0.1) is 5.92 Å². The molecule has 3 aliphatic heterocycles. The maximum absolute atomic E-state index is 6.53. The molecule has 0 aliphatic carbocycles. The molecule has 0 spiro atoms. The van der Waals surface area contributed by atoms with Crippen LogP contribution >= 0.6 is 48.0 Å². The van der Waals surface area contributed by atoms with E-state index in [4.69, 9.17) is 32.7 Å². The fraction of sp³-hybridized carbons (Fsp3) is 0.455. The van der Waals surface area contributed by atoms with Gasteiger partial charge >= 0.3 is 0 Å². The van der Waals surface area contributed by atoms with Gasteiger partial charge in [-0.15, -0.1) is 24.8 Å². The highest BCUT2D eigenvalue weighted by atomic mass is 35.5. The van der Waals surface area contributed by atoms with Gasteiger partial charge in [0.2, 0.25) is 0 Å². The fourth-order valence-corrected chi connectivity index (χ4v) is 4.61. The van der Waals surface area contributed by atoms with E-state index in [1.54, 1.807) is 7.11 Å². The summed E-state index contributed by atoms with van der Waals surface area (Å²) in [6.07, 6.45) is 2.61. The van der Waals surface area contributed by atoms with Crippen molar-refractivity contribution in [2.45, 2.75) is 32.0 Å². The van der Waals surface area contributed by atoms with Crippen LogP contribution in [-0.2, 0) is 13.2 Å². The Labute approximate surface area is 201 Å². The Balaban J connectivity index is 0.00000160. The van der Waals surface area contributed by atoms with Crippen molar-refractivity contribution >= 4 is 48.0 Å². The zero-order valence-corrected chi connectivity index (χ0v) is 20.0. The molecule has 166 valence electrons. The van der Waals surface area contributed by atoms with Gasteiger partial charge in [0.15, 0.2) is 11.5 Å². The molecule has 4 nitrogen and oxygen atoms in total. The van der Waals surface area contributed by atoms with Crippen molar-refractivity contribution < 1.29 is 9.47 Å². The number of halogens is 4. The van der Waals surface area contributed by atoms with Crippen LogP contribution in [-0.4, -0.2) is 37.7 Å². The van der Waals surface area contributed by atoms with Crippen molar-refractivity contribution in [3.63, 3.8) is 0 Å². The Morgan fingerprint density at radius 2 is 1.73 bits per heavy atom. The van der Waals surface area contributed by atoms with Crippen LogP contribution in [0.25, 0.3) is 0 Å². The van der Waals surface area contributed by atoms with Crippen LogP contribution in [0.3, 0.4) is 0 Å². The van der Waals surface area contributed by atoms with Crippen LogP contribution < -0.4 is 14.8 Å². The molecule has 2 bridgehead atoms. The first-order valence-corrected chi connectivity index (χ1v) is 10.6. The Kier molecular flexibility index (Phi) is 9.86. The summed E-state index contributed by atoms with van der Waals surface area (Å²) in [5, 5.41) is 5.00. The molecule has 30 heavy (non-hydrogen) atoms. The molecule has 1 atom stereocenters. The number of hydrogen-bond donors (Lipinski definition) is 1. The van der Waals surface area contributed by atoms with Gasteiger partial charge in [-0.05, 0) is 67.2 Å². The third-order valence-electron chi connectivity index (χ3n) is 5.81. The molecule has 3 heterocycles. The maximum Gasteiger partial charge on any atom is 0.180 e. The first-order valence-electron chi connectivity index (χ1n) is 9.82. The van der Waals surface area contributed by atoms with E-state index in [-0.39, 0.29) is 24.8 Å². The van der Waals surface area contributed by atoms with E-state index in [2.05, 4.69) is 10.2 Å². The number of benzene rings is 2. The Morgan fingerprint density at radius 3 is 2.33 bits per heavy atom. The lowest BCUT2D eigenvalue weighted by molar-refractivity contribution is 0.0720. The molecule has 2 aromatic carbocycles. The highest BCUT2D eigenvalue weighted by Gasteiger charge is 2.33. The van der Waals surface area contributed by atoms with Crippen molar-refractivity contribution in [2.24, 2.45) is 5.92 Å². The monoisotopic (exact) mass is 492 g/mol. The van der Waals surface area contributed by atoms with Gasteiger partial charge in [-0.3, -0.25) is 0 Å². The first kappa shape index (κ1) is 25.4. The second-order valence-corrected chi connectivity index (χ2v) is 8.49. The quantitative estimate of drug-likeness (QED) is 0.543. The number of nitrogens with one attached hydrogen (secondary N) is 1. The lowest BCUT2D eigenvalue weighted by Crippen LogP contribution is -2.55. The zero-order chi connectivity index (χ0) is 19.5. The number of hydrogen-bond acceptors (Lipinski definition) is 4. The average molecular weight is 494 g/mol.